The average molecular weight is 149 g/mol. The van der Waals surface area contributed by atoms with Crippen LogP contribution in [0.4, 0.5) is 0 Å². The number of hydrogen-bond donors (Lipinski definition) is 4. The maximum Gasteiger partial charge on any atom is 0.151 e. The van der Waals surface area contributed by atoms with Crippen LogP contribution in [0.15, 0.2) is 0 Å². The molecule has 0 fully saturated rings. The Labute approximate surface area is 58.1 Å². The van der Waals surface area contributed by atoms with Gasteiger partial charge in [0, 0.05) is 6.54 Å². The van der Waals surface area contributed by atoms with Gasteiger partial charge in [-0.15, -0.1) is 0 Å². The molecule has 0 aliphatic heterocycles. The predicted molar refractivity (Wildman–Crippen MR) is 33.1 cm³/mol. The van der Waals surface area contributed by atoms with E-state index >= 15 is 0 Å². The van der Waals surface area contributed by atoms with E-state index in [0.717, 1.165) is 0 Å². The standard InChI is InChI=1S/C5H11NO4/c6-1-3(8)5(10)4(9)2-7/h2-5,8-10H,1,6H2/t3-,4-,5+/m0/s1. The van der Waals surface area contributed by atoms with Gasteiger partial charge in [0.15, 0.2) is 6.29 Å². The van der Waals surface area contributed by atoms with E-state index in [1.165, 1.54) is 0 Å². The molecule has 0 spiro atoms. The fraction of sp³-hybridized carbons (Fsp3) is 0.800. The number of rotatable bonds is 4. The van der Waals surface area contributed by atoms with Gasteiger partial charge in [0.05, 0.1) is 6.10 Å². The zero-order valence-corrected chi connectivity index (χ0v) is 5.34. The van der Waals surface area contributed by atoms with Gasteiger partial charge < -0.3 is 25.8 Å². The lowest BCUT2D eigenvalue weighted by molar-refractivity contribution is -0.125. The molecule has 0 aliphatic carbocycles. The van der Waals surface area contributed by atoms with Crippen LogP contribution in [-0.2, 0) is 4.79 Å². The van der Waals surface area contributed by atoms with E-state index in [0.29, 0.717) is 0 Å². The van der Waals surface area contributed by atoms with Crippen molar-refractivity contribution in [2.75, 3.05) is 6.54 Å². The van der Waals surface area contributed by atoms with Crippen molar-refractivity contribution in [3.63, 3.8) is 0 Å². The fourth-order valence-electron chi connectivity index (χ4n) is 0.448. The summed E-state index contributed by atoms with van der Waals surface area (Å²) in [6.07, 6.45) is -4.15. The number of carbonyl (C=O) groups is 1. The predicted octanol–water partition coefficient (Wildman–Crippen LogP) is -2.77. The van der Waals surface area contributed by atoms with Gasteiger partial charge in [0.25, 0.3) is 0 Å². The van der Waals surface area contributed by atoms with Crippen LogP contribution in [0.1, 0.15) is 0 Å². The van der Waals surface area contributed by atoms with E-state index in [4.69, 9.17) is 21.1 Å². The molecule has 0 radical (unpaired) electrons. The third-order valence-corrected chi connectivity index (χ3v) is 1.13. The van der Waals surface area contributed by atoms with E-state index in [2.05, 4.69) is 0 Å². The van der Waals surface area contributed by atoms with Crippen molar-refractivity contribution in [2.24, 2.45) is 5.73 Å². The molecule has 0 aliphatic rings. The number of aliphatic hydroxyl groups is 3. The first-order chi connectivity index (χ1) is 4.63. The van der Waals surface area contributed by atoms with Gasteiger partial charge in [-0.1, -0.05) is 0 Å². The van der Waals surface area contributed by atoms with Crippen LogP contribution >= 0.6 is 0 Å². The molecular formula is C5H11NO4. The molecule has 0 unspecified atom stereocenters. The second-order valence-electron chi connectivity index (χ2n) is 1.92. The van der Waals surface area contributed by atoms with Crippen molar-refractivity contribution >= 4 is 6.29 Å². The van der Waals surface area contributed by atoms with Crippen molar-refractivity contribution in [1.29, 1.82) is 0 Å². The third kappa shape index (κ3) is 2.40. The maximum atomic E-state index is 9.80. The Morgan fingerprint density at radius 1 is 1.40 bits per heavy atom. The van der Waals surface area contributed by atoms with Crippen molar-refractivity contribution < 1.29 is 20.1 Å². The molecule has 0 aromatic carbocycles. The van der Waals surface area contributed by atoms with E-state index in [-0.39, 0.29) is 12.8 Å². The Morgan fingerprint density at radius 3 is 2.20 bits per heavy atom. The maximum absolute atomic E-state index is 9.80. The number of aldehydes is 1. The number of aliphatic hydroxyl groups excluding tert-OH is 3. The lowest BCUT2D eigenvalue weighted by Crippen LogP contribution is -2.42. The molecule has 0 amide bonds. The quantitative estimate of drug-likeness (QED) is 0.324. The van der Waals surface area contributed by atoms with Gasteiger partial charge in [0.1, 0.15) is 12.2 Å². The monoisotopic (exact) mass is 149 g/mol. The minimum Gasteiger partial charge on any atom is -0.389 e. The second-order valence-corrected chi connectivity index (χ2v) is 1.92. The Balaban J connectivity index is 3.80. The first kappa shape index (κ1) is 9.51. The molecule has 0 heterocycles. The summed E-state index contributed by atoms with van der Waals surface area (Å²) in [5.41, 5.74) is 4.93. The summed E-state index contributed by atoms with van der Waals surface area (Å²) in [5.74, 6) is 0. The molecule has 5 nitrogen and oxygen atoms in total. The molecule has 0 aromatic rings. The number of nitrogens with two attached hydrogens (primary N) is 1. The highest BCUT2D eigenvalue weighted by atomic mass is 16.4. The Hall–Kier alpha value is -0.490. The molecular weight excluding hydrogens is 138 g/mol. The number of carbonyl (C=O) groups excluding carboxylic acids is 1. The van der Waals surface area contributed by atoms with Crippen molar-refractivity contribution in [3.05, 3.63) is 0 Å². The van der Waals surface area contributed by atoms with Gasteiger partial charge in [-0.3, -0.25) is 0 Å². The zero-order valence-electron chi connectivity index (χ0n) is 5.34. The van der Waals surface area contributed by atoms with Crippen LogP contribution in [0.2, 0.25) is 0 Å². The van der Waals surface area contributed by atoms with Crippen LogP contribution in [0.25, 0.3) is 0 Å². The Kier molecular flexibility index (Phi) is 4.13. The summed E-state index contributed by atoms with van der Waals surface area (Å²) >= 11 is 0. The van der Waals surface area contributed by atoms with Crippen molar-refractivity contribution in [1.82, 2.24) is 0 Å². The minimum absolute atomic E-state index is 0.142. The summed E-state index contributed by atoms with van der Waals surface area (Å²) < 4.78 is 0. The van der Waals surface area contributed by atoms with Crippen LogP contribution in [-0.4, -0.2) is 46.5 Å². The van der Waals surface area contributed by atoms with Crippen molar-refractivity contribution in [3.8, 4) is 0 Å². The van der Waals surface area contributed by atoms with Gasteiger partial charge in [-0.05, 0) is 0 Å². The molecule has 10 heavy (non-hydrogen) atoms. The second kappa shape index (κ2) is 4.35. The summed E-state index contributed by atoms with van der Waals surface area (Å²) in [6, 6.07) is 0. The summed E-state index contributed by atoms with van der Waals surface area (Å²) in [6.45, 7) is -0.188. The minimum atomic E-state index is -1.56. The molecule has 0 saturated heterocycles. The highest BCUT2D eigenvalue weighted by Gasteiger charge is 2.22. The first-order valence-corrected chi connectivity index (χ1v) is 2.83. The summed E-state index contributed by atoms with van der Waals surface area (Å²) in [7, 11) is 0. The van der Waals surface area contributed by atoms with Gasteiger partial charge in [-0.2, -0.15) is 0 Å². The lowest BCUT2D eigenvalue weighted by atomic mass is 10.1. The molecule has 0 saturated carbocycles. The van der Waals surface area contributed by atoms with E-state index in [1.807, 2.05) is 0 Å². The zero-order chi connectivity index (χ0) is 8.15. The van der Waals surface area contributed by atoms with Crippen LogP contribution < -0.4 is 5.73 Å². The molecule has 3 atom stereocenters. The van der Waals surface area contributed by atoms with Gasteiger partial charge >= 0.3 is 0 Å². The highest BCUT2D eigenvalue weighted by molar-refractivity contribution is 5.56. The summed E-state index contributed by atoms with van der Waals surface area (Å²) in [5, 5.41) is 26.1. The van der Waals surface area contributed by atoms with Crippen molar-refractivity contribution in [2.45, 2.75) is 18.3 Å². The smallest absolute Gasteiger partial charge is 0.151 e. The average Bonchev–Trinajstić information content (AvgIpc) is 2.00. The van der Waals surface area contributed by atoms with E-state index in [9.17, 15) is 4.79 Å². The number of hydrogen-bond acceptors (Lipinski definition) is 5. The first-order valence-electron chi connectivity index (χ1n) is 2.83. The molecule has 0 aromatic heterocycles. The van der Waals surface area contributed by atoms with Gasteiger partial charge in [0.2, 0.25) is 0 Å². The Morgan fingerprint density at radius 2 is 1.90 bits per heavy atom. The highest BCUT2D eigenvalue weighted by Crippen LogP contribution is 1.95. The Bertz CT molecular complexity index is 108. The third-order valence-electron chi connectivity index (χ3n) is 1.13. The molecule has 0 bridgehead atoms. The fourth-order valence-corrected chi connectivity index (χ4v) is 0.448. The summed E-state index contributed by atoms with van der Waals surface area (Å²) in [4.78, 5) is 9.80. The molecule has 0 rings (SSSR count). The molecule has 5 N–H and O–H groups in total. The SMILES string of the molecule is NC[C@H](O)[C@@H](O)[C@@H](O)C=O. The topological polar surface area (TPSA) is 104 Å². The van der Waals surface area contributed by atoms with Crippen LogP contribution in [0.3, 0.4) is 0 Å². The lowest BCUT2D eigenvalue weighted by Gasteiger charge is -2.16. The van der Waals surface area contributed by atoms with Crippen LogP contribution in [0.5, 0.6) is 0 Å². The van der Waals surface area contributed by atoms with Crippen LogP contribution in [0, 0.1) is 0 Å². The normalized spacial score (nSPS) is 19.6. The molecule has 5 heteroatoms. The van der Waals surface area contributed by atoms with E-state index in [1.54, 1.807) is 0 Å². The van der Waals surface area contributed by atoms with E-state index < -0.39 is 18.3 Å². The molecule has 60 valence electrons. The largest absolute Gasteiger partial charge is 0.389 e. The van der Waals surface area contributed by atoms with Gasteiger partial charge in [-0.25, -0.2) is 0 Å².